The van der Waals surface area contributed by atoms with Gasteiger partial charge in [0.2, 0.25) is 0 Å². The molecule has 0 saturated carbocycles. The lowest BCUT2D eigenvalue weighted by Crippen LogP contribution is -1.90. The number of halogens is 1. The zero-order chi connectivity index (χ0) is 8.97. The van der Waals surface area contributed by atoms with Gasteiger partial charge in [-0.15, -0.1) is 0 Å². The van der Waals surface area contributed by atoms with Crippen molar-refractivity contribution in [2.24, 2.45) is 0 Å². The molecule has 0 N–H and O–H groups in total. The summed E-state index contributed by atoms with van der Waals surface area (Å²) in [4.78, 5) is 9.84. The van der Waals surface area contributed by atoms with Crippen LogP contribution in [0.2, 0.25) is 5.02 Å². The summed E-state index contributed by atoms with van der Waals surface area (Å²) >= 11 is 5.70. The van der Waals surface area contributed by atoms with Gasteiger partial charge in [0.15, 0.2) is 0 Å². The molecule has 1 aromatic carbocycles. The van der Waals surface area contributed by atoms with Gasteiger partial charge in [-0.1, -0.05) is 11.6 Å². The van der Waals surface area contributed by atoms with Crippen LogP contribution in [-0.4, -0.2) is 13.6 Å². The largest absolute Gasteiger partial charge is 0.497 e. The van der Waals surface area contributed by atoms with E-state index in [0.717, 1.165) is 0 Å². The van der Waals surface area contributed by atoms with E-state index in [9.17, 15) is 4.79 Å². The maximum atomic E-state index is 9.84. The van der Waals surface area contributed by atoms with Crippen LogP contribution in [0, 0.1) is 0 Å². The molecule has 0 saturated heterocycles. The summed E-state index contributed by atoms with van der Waals surface area (Å²) in [6.07, 6.45) is 0. The zero-order valence-corrected chi connectivity index (χ0v) is 7.09. The van der Waals surface area contributed by atoms with Crippen molar-refractivity contribution in [3.05, 3.63) is 23.2 Å². The van der Waals surface area contributed by atoms with Crippen LogP contribution in [0.15, 0.2) is 18.2 Å². The van der Waals surface area contributed by atoms with E-state index >= 15 is 0 Å². The Kier molecular flexibility index (Phi) is 2.94. The van der Waals surface area contributed by atoms with Crippen LogP contribution in [0.25, 0.3) is 0 Å². The molecular formula is C8H6ClO3. The average molecular weight is 186 g/mol. The highest BCUT2D eigenvalue weighted by Crippen LogP contribution is 2.27. The lowest BCUT2D eigenvalue weighted by atomic mass is 10.3. The first-order valence-corrected chi connectivity index (χ1v) is 3.53. The van der Waals surface area contributed by atoms with Gasteiger partial charge in [0.05, 0.1) is 12.1 Å². The van der Waals surface area contributed by atoms with Gasteiger partial charge in [-0.25, -0.2) is 4.79 Å². The van der Waals surface area contributed by atoms with E-state index in [-0.39, 0.29) is 5.75 Å². The Morgan fingerprint density at radius 2 is 2.25 bits per heavy atom. The quantitative estimate of drug-likeness (QED) is 0.720. The van der Waals surface area contributed by atoms with E-state index in [1.54, 1.807) is 12.1 Å². The van der Waals surface area contributed by atoms with Crippen molar-refractivity contribution >= 4 is 18.1 Å². The van der Waals surface area contributed by atoms with Crippen molar-refractivity contribution in [3.63, 3.8) is 0 Å². The number of hydrogen-bond acceptors (Lipinski definition) is 3. The fourth-order valence-electron chi connectivity index (χ4n) is 0.736. The minimum Gasteiger partial charge on any atom is -0.497 e. The molecule has 0 heterocycles. The smallest absolute Gasteiger partial charge is 0.423 e. The molecule has 0 aromatic heterocycles. The molecule has 0 amide bonds. The molecule has 0 aliphatic heterocycles. The highest BCUT2D eigenvalue weighted by atomic mass is 35.5. The van der Waals surface area contributed by atoms with Gasteiger partial charge in [-0.3, -0.25) is 0 Å². The molecule has 0 bridgehead atoms. The number of benzene rings is 1. The van der Waals surface area contributed by atoms with Crippen molar-refractivity contribution in [1.29, 1.82) is 0 Å². The third kappa shape index (κ3) is 1.89. The average Bonchev–Trinajstić information content (AvgIpc) is 2.09. The molecule has 4 heteroatoms. The number of methoxy groups -OCH3 is 1. The van der Waals surface area contributed by atoms with E-state index in [2.05, 4.69) is 4.74 Å². The normalized spacial score (nSPS) is 9.17. The van der Waals surface area contributed by atoms with Gasteiger partial charge in [-0.2, -0.15) is 0 Å². The highest BCUT2D eigenvalue weighted by molar-refractivity contribution is 6.32. The number of rotatable bonds is 3. The van der Waals surface area contributed by atoms with Gasteiger partial charge in [0.1, 0.15) is 11.5 Å². The molecule has 0 aliphatic carbocycles. The minimum absolute atomic E-state index is 0.271. The number of carbonyl (C=O) groups excluding carboxylic acids is 1. The Hall–Kier alpha value is -1.22. The summed E-state index contributed by atoms with van der Waals surface area (Å²) in [6, 6.07) is 4.72. The van der Waals surface area contributed by atoms with Gasteiger partial charge >= 0.3 is 6.47 Å². The molecule has 3 nitrogen and oxygen atoms in total. The van der Waals surface area contributed by atoms with Crippen molar-refractivity contribution in [2.45, 2.75) is 0 Å². The van der Waals surface area contributed by atoms with Crippen molar-refractivity contribution < 1.29 is 14.3 Å². The van der Waals surface area contributed by atoms with Crippen LogP contribution in [0.5, 0.6) is 11.5 Å². The standard InChI is InChI=1S/C8H6ClO3/c1-11-6-2-3-8(12-5-10)7(9)4-6/h2-4H,1H3. The molecular weight excluding hydrogens is 180 g/mol. The predicted molar refractivity (Wildman–Crippen MR) is 44.3 cm³/mol. The molecule has 63 valence electrons. The van der Waals surface area contributed by atoms with Gasteiger partial charge in [-0.05, 0) is 12.1 Å². The van der Waals surface area contributed by atoms with Crippen molar-refractivity contribution in [1.82, 2.24) is 0 Å². The molecule has 0 atom stereocenters. The predicted octanol–water partition coefficient (Wildman–Crippen LogP) is 1.79. The van der Waals surface area contributed by atoms with Gasteiger partial charge in [0, 0.05) is 6.07 Å². The van der Waals surface area contributed by atoms with Gasteiger partial charge < -0.3 is 9.47 Å². The molecule has 0 fully saturated rings. The Labute approximate surface area is 74.9 Å². The summed E-state index contributed by atoms with van der Waals surface area (Å²) < 4.78 is 9.33. The monoisotopic (exact) mass is 185 g/mol. The Morgan fingerprint density at radius 3 is 2.75 bits per heavy atom. The molecule has 0 spiro atoms. The zero-order valence-electron chi connectivity index (χ0n) is 6.33. The van der Waals surface area contributed by atoms with E-state index in [1.165, 1.54) is 19.6 Å². The summed E-state index contributed by atoms with van der Waals surface area (Å²) in [5.41, 5.74) is 0. The van der Waals surface area contributed by atoms with Crippen LogP contribution in [0.3, 0.4) is 0 Å². The summed E-state index contributed by atoms with van der Waals surface area (Å²) in [5, 5.41) is 0.317. The number of ether oxygens (including phenoxy) is 2. The third-order valence-electron chi connectivity index (χ3n) is 1.29. The van der Waals surface area contributed by atoms with Gasteiger partial charge in [0.25, 0.3) is 0 Å². The lowest BCUT2D eigenvalue weighted by molar-refractivity contribution is 0.412. The summed E-state index contributed by atoms with van der Waals surface area (Å²) in [7, 11) is 1.53. The van der Waals surface area contributed by atoms with E-state index < -0.39 is 0 Å². The molecule has 0 aliphatic rings. The first-order valence-electron chi connectivity index (χ1n) is 3.15. The SMILES string of the molecule is COc1ccc(O[C]=O)c(Cl)c1. The summed E-state index contributed by atoms with van der Waals surface area (Å²) in [6.45, 7) is 1.29. The Bertz CT molecular complexity index is 286. The number of hydrogen-bond donors (Lipinski definition) is 0. The van der Waals surface area contributed by atoms with E-state index in [1.807, 2.05) is 0 Å². The van der Waals surface area contributed by atoms with Crippen LogP contribution in [0.4, 0.5) is 0 Å². The highest BCUT2D eigenvalue weighted by Gasteiger charge is 2.02. The maximum absolute atomic E-state index is 9.84. The Morgan fingerprint density at radius 1 is 1.50 bits per heavy atom. The second-order valence-corrected chi connectivity index (χ2v) is 2.39. The van der Waals surface area contributed by atoms with E-state index in [4.69, 9.17) is 16.3 Å². The molecule has 1 radical (unpaired) electrons. The van der Waals surface area contributed by atoms with Crippen molar-refractivity contribution in [3.8, 4) is 11.5 Å². The minimum atomic E-state index is 0.271. The molecule has 0 unspecified atom stereocenters. The van der Waals surface area contributed by atoms with Crippen LogP contribution < -0.4 is 9.47 Å². The van der Waals surface area contributed by atoms with Crippen LogP contribution in [0.1, 0.15) is 0 Å². The fraction of sp³-hybridized carbons (Fsp3) is 0.125. The summed E-state index contributed by atoms with van der Waals surface area (Å²) in [5.74, 6) is 0.880. The van der Waals surface area contributed by atoms with Crippen LogP contribution in [-0.2, 0) is 4.79 Å². The molecule has 1 aromatic rings. The molecule has 12 heavy (non-hydrogen) atoms. The Balaban J connectivity index is 2.94. The van der Waals surface area contributed by atoms with Crippen LogP contribution >= 0.6 is 11.6 Å². The van der Waals surface area contributed by atoms with E-state index in [0.29, 0.717) is 10.8 Å². The lowest BCUT2D eigenvalue weighted by Gasteiger charge is -2.02. The third-order valence-corrected chi connectivity index (χ3v) is 1.59. The first kappa shape index (κ1) is 8.87. The fourth-order valence-corrected chi connectivity index (χ4v) is 0.945. The maximum Gasteiger partial charge on any atom is 0.423 e. The van der Waals surface area contributed by atoms with Crippen molar-refractivity contribution in [2.75, 3.05) is 7.11 Å². The second-order valence-electron chi connectivity index (χ2n) is 1.98. The second kappa shape index (κ2) is 3.97. The first-order chi connectivity index (χ1) is 5.77. The molecule has 1 rings (SSSR count). The topological polar surface area (TPSA) is 35.5 Å².